The minimum Gasteiger partial charge on any atom is -0.463 e. The lowest BCUT2D eigenvalue weighted by molar-refractivity contribution is -0.139. The number of benzene rings is 2. The third-order valence-corrected chi connectivity index (χ3v) is 8.68. The second kappa shape index (κ2) is 11.0. The Bertz CT molecular complexity index is 1280. The number of hydrogen-bond donors (Lipinski definition) is 1. The Hall–Kier alpha value is -3.28. The lowest BCUT2D eigenvalue weighted by Gasteiger charge is -2.41. The van der Waals surface area contributed by atoms with Crippen LogP contribution in [0.4, 0.5) is 9.18 Å². The van der Waals surface area contributed by atoms with Crippen molar-refractivity contribution in [3.8, 4) is 0 Å². The Morgan fingerprint density at radius 2 is 1.78 bits per heavy atom. The van der Waals surface area contributed by atoms with E-state index < -0.39 is 33.9 Å². The monoisotopic (exact) mass is 530 g/mol. The minimum atomic E-state index is -3.65. The molecule has 37 heavy (non-hydrogen) atoms. The second-order valence-electron chi connectivity index (χ2n) is 9.09. The Kier molecular flexibility index (Phi) is 7.96. The van der Waals surface area contributed by atoms with E-state index in [-0.39, 0.29) is 36.2 Å². The summed E-state index contributed by atoms with van der Waals surface area (Å²) in [6, 6.07) is 12.4. The molecular weight excluding hydrogens is 499 g/mol. The number of likely N-dealkylation sites (N-methyl/N-ethyl adjacent to an activating group) is 1. The highest BCUT2D eigenvalue weighted by Gasteiger charge is 2.39. The van der Waals surface area contributed by atoms with E-state index in [1.165, 1.54) is 33.5 Å². The Morgan fingerprint density at radius 1 is 1.11 bits per heavy atom. The van der Waals surface area contributed by atoms with Gasteiger partial charge < -0.3 is 10.1 Å². The molecule has 2 atom stereocenters. The number of halogens is 1. The van der Waals surface area contributed by atoms with E-state index in [2.05, 4.69) is 5.32 Å². The molecule has 1 N–H and O–H groups in total. The number of esters is 1. The van der Waals surface area contributed by atoms with Crippen LogP contribution in [0.3, 0.4) is 0 Å². The average molecular weight is 531 g/mol. The molecule has 11 heteroatoms. The molecule has 2 amide bonds. The van der Waals surface area contributed by atoms with Crippen LogP contribution in [0.25, 0.3) is 0 Å². The molecule has 198 valence electrons. The number of carbonyl (C=O) groups excluding carboxylic acids is 2. The van der Waals surface area contributed by atoms with Gasteiger partial charge in [-0.15, -0.1) is 0 Å². The number of amides is 2. The van der Waals surface area contributed by atoms with Crippen LogP contribution >= 0.6 is 0 Å². The van der Waals surface area contributed by atoms with Crippen LogP contribution in [0.5, 0.6) is 0 Å². The van der Waals surface area contributed by atoms with Crippen LogP contribution in [0.15, 0.2) is 70.8 Å². The zero-order valence-electron chi connectivity index (χ0n) is 21.1. The predicted octanol–water partition coefficient (Wildman–Crippen LogP) is 2.73. The van der Waals surface area contributed by atoms with Crippen molar-refractivity contribution >= 4 is 22.0 Å². The highest BCUT2D eigenvalue weighted by atomic mass is 32.2. The third-order valence-electron chi connectivity index (χ3n) is 6.65. The molecule has 0 aliphatic carbocycles. The lowest BCUT2D eigenvalue weighted by atomic mass is 9.94. The Labute approximate surface area is 216 Å². The van der Waals surface area contributed by atoms with Gasteiger partial charge in [0.25, 0.3) is 0 Å². The van der Waals surface area contributed by atoms with Gasteiger partial charge in [0.2, 0.25) is 10.0 Å². The number of rotatable bonds is 7. The summed E-state index contributed by atoms with van der Waals surface area (Å²) in [6.45, 7) is 5.00. The van der Waals surface area contributed by atoms with E-state index >= 15 is 0 Å². The van der Waals surface area contributed by atoms with Crippen molar-refractivity contribution in [2.75, 3.05) is 39.8 Å². The first-order valence-electron chi connectivity index (χ1n) is 12.1. The van der Waals surface area contributed by atoms with Crippen LogP contribution in [0, 0.1) is 5.82 Å². The highest BCUT2D eigenvalue weighted by molar-refractivity contribution is 7.89. The molecular formula is C26H31FN4O5S. The zero-order valence-corrected chi connectivity index (χ0v) is 21.9. The zero-order chi connectivity index (χ0) is 26.7. The second-order valence-corrected chi connectivity index (χ2v) is 11.0. The highest BCUT2D eigenvalue weighted by Crippen LogP contribution is 2.32. The number of ether oxygens (including phenoxy) is 1. The van der Waals surface area contributed by atoms with E-state index in [0.717, 1.165) is 0 Å². The van der Waals surface area contributed by atoms with Crippen LogP contribution in [-0.2, 0) is 19.6 Å². The fourth-order valence-corrected chi connectivity index (χ4v) is 6.39. The molecule has 9 nitrogen and oxygen atoms in total. The lowest BCUT2D eigenvalue weighted by Crippen LogP contribution is -2.56. The number of hydrogen-bond acceptors (Lipinski definition) is 6. The fourth-order valence-electron chi connectivity index (χ4n) is 4.76. The van der Waals surface area contributed by atoms with Crippen molar-refractivity contribution in [1.29, 1.82) is 0 Å². The summed E-state index contributed by atoms with van der Waals surface area (Å²) in [5, 5.41) is 2.81. The van der Waals surface area contributed by atoms with E-state index in [1.54, 1.807) is 44.3 Å². The number of nitrogens with one attached hydrogen (secondary N) is 1. The van der Waals surface area contributed by atoms with E-state index in [0.29, 0.717) is 24.4 Å². The molecule has 2 aliphatic heterocycles. The van der Waals surface area contributed by atoms with Gasteiger partial charge in [-0.2, -0.15) is 4.31 Å². The van der Waals surface area contributed by atoms with Gasteiger partial charge in [-0.3, -0.25) is 9.80 Å². The molecule has 0 spiro atoms. The summed E-state index contributed by atoms with van der Waals surface area (Å²) in [7, 11) is -2.08. The molecule has 0 unspecified atom stereocenters. The van der Waals surface area contributed by atoms with E-state index in [1.807, 2.05) is 11.8 Å². The molecule has 4 rings (SSSR count). The fraction of sp³-hybridized carbons (Fsp3) is 0.385. The molecule has 2 aromatic carbocycles. The third kappa shape index (κ3) is 5.53. The molecule has 0 radical (unpaired) electrons. The molecule has 0 saturated carbocycles. The quantitative estimate of drug-likeness (QED) is 0.553. The first-order chi connectivity index (χ1) is 17.6. The van der Waals surface area contributed by atoms with Gasteiger partial charge in [-0.1, -0.05) is 30.3 Å². The number of carbonyl (C=O) groups is 2. The topological polar surface area (TPSA) is 99.3 Å². The summed E-state index contributed by atoms with van der Waals surface area (Å²) in [5.41, 5.74) is 1.28. The van der Waals surface area contributed by atoms with Gasteiger partial charge in [0.05, 0.1) is 23.1 Å². The van der Waals surface area contributed by atoms with E-state index in [4.69, 9.17) is 4.74 Å². The number of urea groups is 1. The summed E-state index contributed by atoms with van der Waals surface area (Å²) < 4.78 is 46.7. The van der Waals surface area contributed by atoms with Gasteiger partial charge >= 0.3 is 12.0 Å². The molecule has 1 fully saturated rings. The SMILES string of the molecule is CCOC(=O)C1=C(CN2CCN(S(=O)(=O)c3ccccc3)[C@@H](C)C2)N(C)C(=O)N[C@H]1c1ccc(F)cc1. The number of sulfonamides is 1. The molecule has 0 aromatic heterocycles. The van der Waals surface area contributed by atoms with Gasteiger partial charge in [-0.05, 0) is 43.7 Å². The van der Waals surface area contributed by atoms with Crippen molar-refractivity contribution in [3.05, 3.63) is 77.2 Å². The number of nitrogens with zero attached hydrogens (tertiary/aromatic N) is 3. The van der Waals surface area contributed by atoms with Crippen LogP contribution in [0.2, 0.25) is 0 Å². The molecule has 2 aliphatic rings. The first kappa shape index (κ1) is 26.8. The standard InChI is InChI=1S/C26H31FN4O5S/c1-4-36-25(32)23-22(29(3)26(33)28-24(23)19-10-12-20(27)13-11-19)17-30-14-15-31(18(2)16-30)37(34,35)21-8-6-5-7-9-21/h5-13,18,24H,4,14-17H2,1-3H3,(H,28,33)/t18-,24-/m0/s1. The van der Waals surface area contributed by atoms with Gasteiger partial charge in [-0.25, -0.2) is 22.4 Å². The van der Waals surface area contributed by atoms with Crippen LogP contribution < -0.4 is 5.32 Å². The van der Waals surface area contributed by atoms with Gasteiger partial charge in [0, 0.05) is 45.0 Å². The van der Waals surface area contributed by atoms with Crippen molar-refractivity contribution < 1.29 is 27.1 Å². The molecule has 2 heterocycles. The largest absolute Gasteiger partial charge is 0.463 e. The van der Waals surface area contributed by atoms with Crippen molar-refractivity contribution in [3.63, 3.8) is 0 Å². The van der Waals surface area contributed by atoms with Crippen LogP contribution in [0.1, 0.15) is 25.5 Å². The maximum Gasteiger partial charge on any atom is 0.338 e. The van der Waals surface area contributed by atoms with Crippen molar-refractivity contribution in [2.45, 2.75) is 30.8 Å². The van der Waals surface area contributed by atoms with Gasteiger partial charge in [0.15, 0.2) is 0 Å². The average Bonchev–Trinajstić information content (AvgIpc) is 2.87. The van der Waals surface area contributed by atoms with Gasteiger partial charge in [0.1, 0.15) is 5.82 Å². The van der Waals surface area contributed by atoms with Crippen LogP contribution in [-0.4, -0.2) is 80.4 Å². The summed E-state index contributed by atoms with van der Waals surface area (Å²) >= 11 is 0. The minimum absolute atomic E-state index is 0.149. The predicted molar refractivity (Wildman–Crippen MR) is 135 cm³/mol. The Balaban J connectivity index is 1.62. The summed E-state index contributed by atoms with van der Waals surface area (Å²) in [6.07, 6.45) is 0. The van der Waals surface area contributed by atoms with Crippen molar-refractivity contribution in [1.82, 2.24) is 19.4 Å². The maximum absolute atomic E-state index is 13.6. The number of piperazine rings is 1. The summed E-state index contributed by atoms with van der Waals surface area (Å²) in [4.78, 5) is 29.6. The first-order valence-corrected chi connectivity index (χ1v) is 13.6. The normalized spacial score (nSPS) is 21.6. The molecule has 2 aromatic rings. The Morgan fingerprint density at radius 3 is 2.41 bits per heavy atom. The van der Waals surface area contributed by atoms with Crippen molar-refractivity contribution in [2.24, 2.45) is 0 Å². The summed E-state index contributed by atoms with van der Waals surface area (Å²) in [5.74, 6) is -1.00. The molecule has 1 saturated heterocycles. The smallest absolute Gasteiger partial charge is 0.338 e. The maximum atomic E-state index is 13.6. The molecule has 0 bridgehead atoms. The van der Waals surface area contributed by atoms with E-state index in [9.17, 15) is 22.4 Å².